The summed E-state index contributed by atoms with van der Waals surface area (Å²) in [7, 11) is -9.72. The van der Waals surface area contributed by atoms with Crippen molar-refractivity contribution in [1.29, 1.82) is 0 Å². The molecule has 1 saturated heterocycles. The highest BCUT2D eigenvalue weighted by Gasteiger charge is 2.45. The van der Waals surface area contributed by atoms with Crippen molar-refractivity contribution in [3.05, 3.63) is 162 Å². The van der Waals surface area contributed by atoms with Crippen molar-refractivity contribution in [3.63, 3.8) is 0 Å². The molecule has 0 amide bonds. The van der Waals surface area contributed by atoms with Crippen LogP contribution >= 0.6 is 22.7 Å². The number of nitrogens with zero attached hydrogens (tertiary/aromatic N) is 8. The molecule has 412 valence electrons. The largest absolute Gasteiger partial charge is 0.351 e. The van der Waals surface area contributed by atoms with Crippen LogP contribution < -0.4 is 19.7 Å². The highest BCUT2D eigenvalue weighted by Crippen LogP contribution is 2.45. The summed E-state index contributed by atoms with van der Waals surface area (Å²) in [5.74, 6) is -10.0. The topological polar surface area (TPSA) is 198 Å². The maximum absolute atomic E-state index is 16.0. The van der Waals surface area contributed by atoms with Crippen LogP contribution in [0, 0.1) is 47.6 Å². The lowest BCUT2D eigenvalue weighted by molar-refractivity contribution is -0.0262. The van der Waals surface area contributed by atoms with E-state index in [1.165, 1.54) is 60.7 Å². The lowest BCUT2D eigenvalue weighted by Gasteiger charge is -2.38. The zero-order chi connectivity index (χ0) is 56.8. The van der Waals surface area contributed by atoms with Gasteiger partial charge < -0.3 is 10.2 Å². The van der Waals surface area contributed by atoms with Gasteiger partial charge in [-0.1, -0.05) is 42.5 Å². The van der Waals surface area contributed by atoms with Gasteiger partial charge in [0, 0.05) is 47.7 Å². The first-order chi connectivity index (χ1) is 38.1. The summed E-state index contributed by atoms with van der Waals surface area (Å²) in [6.45, 7) is 2.01. The predicted molar refractivity (Wildman–Crippen MR) is 283 cm³/mol. The number of aryl methyl sites for hydroxylation is 2. The molecular weight excluding hydrogens is 1140 g/mol. The van der Waals surface area contributed by atoms with Crippen LogP contribution in [0.5, 0.6) is 0 Å². The molecule has 2 fully saturated rings. The van der Waals surface area contributed by atoms with E-state index in [1.54, 1.807) is 12.1 Å². The van der Waals surface area contributed by atoms with Crippen molar-refractivity contribution < 1.29 is 56.3 Å². The standard InChI is InChI=1S/C28H20F4N6O2S2.C24H18F5N5O2S2/c1-14-5-8-19(30)26(22(14)31)42(39,40)38-20-4-2-3-18(23(20)32)24-25(21-9-10-34-28(36-21)35-17-6-7-17)41-27(37-24)15-11-16(29)13-33-12-15;1-2-18-30-10-9-17(31-18)21-20(32-23(37-21)34-11-24(28,29)12-34)13-5-3-8-16(19(13)27)33-38(35,36)22-14(25)6-4-7-15(22)26/h2-5,8-13,17,38H,6-7H2,1H3,(H,34,35,36);3-10,33H,2,11-12H2,1H3. The predicted octanol–water partition coefficient (Wildman–Crippen LogP) is 12.1. The van der Waals surface area contributed by atoms with E-state index >= 15 is 8.78 Å². The second-order valence-electron chi connectivity index (χ2n) is 18.0. The maximum atomic E-state index is 16.0. The Bertz CT molecular complexity index is 4090. The SMILES string of the molecule is CCc1nccc(-c2sc(N3CC(F)(F)C3)nc2-c2cccc(NS(=O)(=O)c3c(F)cccc3F)c2F)n1.Cc1ccc(F)c(S(=O)(=O)Nc2cccc(-c3nc(-c4cncc(F)c4)sc3-c3ccnc(NC4CC4)n3)c2F)c1F. The number of aromatic nitrogens is 7. The van der Waals surface area contributed by atoms with Crippen molar-refractivity contribution in [2.75, 3.05) is 32.8 Å². The van der Waals surface area contributed by atoms with Crippen LogP contribution in [0.25, 0.3) is 54.2 Å². The van der Waals surface area contributed by atoms with Crippen LogP contribution in [0.3, 0.4) is 0 Å². The summed E-state index contributed by atoms with van der Waals surface area (Å²) >= 11 is 2.13. The molecule has 5 aromatic heterocycles. The smallest absolute Gasteiger partial charge is 0.282 e. The van der Waals surface area contributed by atoms with E-state index in [1.807, 2.05) is 16.4 Å². The molecule has 80 heavy (non-hydrogen) atoms. The molecule has 28 heteroatoms. The Kier molecular flexibility index (Phi) is 15.1. The monoisotopic (exact) mass is 1180 g/mol. The first-order valence-corrected chi connectivity index (χ1v) is 28.4. The second-order valence-corrected chi connectivity index (χ2v) is 23.2. The van der Waals surface area contributed by atoms with Gasteiger partial charge in [-0.15, -0.1) is 11.3 Å². The number of pyridine rings is 1. The minimum absolute atomic E-state index is 0.0385. The molecule has 1 saturated carbocycles. The Labute approximate surface area is 457 Å². The van der Waals surface area contributed by atoms with Crippen LogP contribution in [0.4, 0.5) is 62.0 Å². The van der Waals surface area contributed by atoms with Gasteiger partial charge in [-0.25, -0.2) is 86.3 Å². The zero-order valence-corrected chi connectivity index (χ0v) is 44.5. The number of alkyl halides is 2. The van der Waals surface area contributed by atoms with Gasteiger partial charge in [-0.05, 0) is 86.0 Å². The second kappa shape index (κ2) is 21.9. The van der Waals surface area contributed by atoms with E-state index in [4.69, 9.17) is 0 Å². The van der Waals surface area contributed by atoms with Crippen molar-refractivity contribution in [2.45, 2.75) is 54.9 Å². The molecule has 2 aliphatic rings. The van der Waals surface area contributed by atoms with Crippen molar-refractivity contribution in [1.82, 2.24) is 34.9 Å². The van der Waals surface area contributed by atoms with Crippen LogP contribution in [0.2, 0.25) is 0 Å². The van der Waals surface area contributed by atoms with Gasteiger partial charge in [-0.2, -0.15) is 0 Å². The maximum Gasteiger partial charge on any atom is 0.282 e. The third-order valence-corrected chi connectivity index (χ3v) is 17.1. The van der Waals surface area contributed by atoms with Crippen LogP contribution in [-0.2, 0) is 26.5 Å². The van der Waals surface area contributed by atoms with Crippen LogP contribution in [-0.4, -0.2) is 76.8 Å². The summed E-state index contributed by atoms with van der Waals surface area (Å²) in [6.07, 6.45) is 7.96. The van der Waals surface area contributed by atoms with Crippen LogP contribution in [0.1, 0.15) is 31.2 Å². The summed E-state index contributed by atoms with van der Waals surface area (Å²) in [5, 5.41) is 3.70. The molecule has 9 aromatic rings. The Balaban J connectivity index is 0.000000181. The van der Waals surface area contributed by atoms with E-state index < -0.39 is 101 Å². The van der Waals surface area contributed by atoms with Gasteiger partial charge in [-0.3, -0.25) is 14.4 Å². The van der Waals surface area contributed by atoms with Gasteiger partial charge in [0.25, 0.3) is 26.0 Å². The first-order valence-electron chi connectivity index (χ1n) is 23.8. The van der Waals surface area contributed by atoms with Gasteiger partial charge in [0.15, 0.2) is 26.6 Å². The molecule has 1 aliphatic heterocycles. The normalized spacial score (nSPS) is 14.0. The fraction of sp³-hybridized carbons (Fsp3) is 0.173. The van der Waals surface area contributed by atoms with Crippen molar-refractivity contribution in [2.24, 2.45) is 0 Å². The number of halogens is 9. The summed E-state index contributed by atoms with van der Waals surface area (Å²) < 4.78 is 186. The van der Waals surface area contributed by atoms with Gasteiger partial charge in [0.2, 0.25) is 5.95 Å². The van der Waals surface area contributed by atoms with Gasteiger partial charge in [0.1, 0.15) is 39.9 Å². The first kappa shape index (κ1) is 55.2. The molecule has 4 aromatic carbocycles. The van der Waals surface area contributed by atoms with Gasteiger partial charge >= 0.3 is 0 Å². The molecule has 1 aliphatic carbocycles. The molecule has 15 nitrogen and oxygen atoms in total. The third kappa shape index (κ3) is 11.5. The van der Waals surface area contributed by atoms with Gasteiger partial charge in [0.05, 0.1) is 63.2 Å². The van der Waals surface area contributed by atoms with Crippen LogP contribution in [0.15, 0.2) is 120 Å². The van der Waals surface area contributed by atoms with E-state index in [-0.39, 0.29) is 39.3 Å². The quantitative estimate of drug-likeness (QED) is 0.0820. The molecule has 3 N–H and O–H groups in total. The van der Waals surface area contributed by atoms with Crippen molar-refractivity contribution >= 4 is 65.2 Å². The van der Waals surface area contributed by atoms with Crippen molar-refractivity contribution in [3.8, 4) is 54.2 Å². The fourth-order valence-corrected chi connectivity index (χ4v) is 12.6. The number of hydrogen-bond donors (Lipinski definition) is 3. The molecule has 0 unspecified atom stereocenters. The lowest BCUT2D eigenvalue weighted by atomic mass is 10.1. The van der Waals surface area contributed by atoms with E-state index in [9.17, 15) is 47.6 Å². The van der Waals surface area contributed by atoms with E-state index in [2.05, 4.69) is 40.2 Å². The number of anilines is 4. The number of thiazole rings is 2. The molecule has 11 rings (SSSR count). The molecule has 0 radical (unpaired) electrons. The van der Waals surface area contributed by atoms with E-state index in [0.717, 1.165) is 84.2 Å². The number of sulfonamides is 2. The summed E-state index contributed by atoms with van der Waals surface area (Å²) in [6, 6.07) is 16.7. The fourth-order valence-electron chi connectivity index (χ4n) is 8.03. The molecule has 0 atom stereocenters. The Morgan fingerprint density at radius 1 is 0.650 bits per heavy atom. The van der Waals surface area contributed by atoms with E-state index in [0.29, 0.717) is 49.9 Å². The zero-order valence-electron chi connectivity index (χ0n) is 41.3. The minimum Gasteiger partial charge on any atom is -0.351 e. The molecule has 6 heterocycles. The Morgan fingerprint density at radius 2 is 1.23 bits per heavy atom. The number of benzene rings is 4. The highest BCUT2D eigenvalue weighted by molar-refractivity contribution is 7.93. The summed E-state index contributed by atoms with van der Waals surface area (Å²) in [5.41, 5.74) is -0.306. The number of hydrogen-bond acceptors (Lipinski definition) is 15. The molecular formula is C52H38F9N11O4S4. The Morgan fingerprint density at radius 3 is 1.84 bits per heavy atom. The average Bonchev–Trinajstić information content (AvgIpc) is 4.00. The minimum atomic E-state index is -4.87. The number of nitrogens with one attached hydrogen (secondary N) is 3. The molecule has 0 bridgehead atoms. The third-order valence-electron chi connectivity index (χ3n) is 12.1. The molecule has 0 spiro atoms. The lowest BCUT2D eigenvalue weighted by Crippen LogP contribution is -2.56. The Hall–Kier alpha value is -8.08. The highest BCUT2D eigenvalue weighted by atomic mass is 32.2. The number of rotatable bonds is 15. The summed E-state index contributed by atoms with van der Waals surface area (Å²) in [4.78, 5) is 29.8. The average molecular weight is 1180 g/mol.